The van der Waals surface area contributed by atoms with E-state index < -0.39 is 11.9 Å². The highest BCUT2D eigenvalue weighted by Gasteiger charge is 2.20. The maximum absolute atomic E-state index is 11.4. The molecule has 0 aromatic carbocycles. The largest absolute Gasteiger partial charge is 0.461 e. The quantitative estimate of drug-likeness (QED) is 0.567. The minimum atomic E-state index is -0.617. The molecule has 0 radical (unpaired) electrons. The van der Waals surface area contributed by atoms with Crippen LogP contribution in [0.5, 0.6) is 0 Å². The third-order valence-corrected chi connectivity index (χ3v) is 1.99. The number of halogens is 1. The van der Waals surface area contributed by atoms with Crippen LogP contribution in [0.25, 0.3) is 0 Å². The molecule has 0 saturated carbocycles. The molecule has 0 aliphatic heterocycles. The highest BCUT2D eigenvalue weighted by molar-refractivity contribution is 6.17. The van der Waals surface area contributed by atoms with Crippen LogP contribution in [0.3, 0.4) is 0 Å². The van der Waals surface area contributed by atoms with Gasteiger partial charge in [-0.05, 0) is 6.92 Å². The molecule has 0 unspecified atom stereocenters. The number of hydrogen-bond acceptors (Lipinski definition) is 5. The number of nitrogens with two attached hydrogens (primary N) is 1. The number of ether oxygens (including phenoxy) is 1. The lowest BCUT2D eigenvalue weighted by atomic mass is 10.3. The summed E-state index contributed by atoms with van der Waals surface area (Å²) in [7, 11) is 0. The first-order valence-electron chi connectivity index (χ1n) is 4.53. The molecule has 0 fully saturated rings. The van der Waals surface area contributed by atoms with E-state index in [1.165, 1.54) is 4.68 Å². The molecule has 1 aromatic heterocycles. The summed E-state index contributed by atoms with van der Waals surface area (Å²) in [6.45, 7) is 1.73. The van der Waals surface area contributed by atoms with E-state index in [-0.39, 0.29) is 24.7 Å². The Bertz CT molecular complexity index is 404. The Hall–Kier alpha value is -1.63. The number of primary amides is 1. The maximum Gasteiger partial charge on any atom is 0.360 e. The monoisotopic (exact) mass is 246 g/mol. The van der Waals surface area contributed by atoms with Gasteiger partial charge in [0.2, 0.25) is 5.91 Å². The van der Waals surface area contributed by atoms with Gasteiger partial charge in [-0.3, -0.25) is 4.79 Å². The first-order chi connectivity index (χ1) is 7.60. The predicted octanol–water partition coefficient (Wildman–Crippen LogP) is -0.321. The van der Waals surface area contributed by atoms with Gasteiger partial charge in [0.05, 0.1) is 18.2 Å². The lowest BCUT2D eigenvalue weighted by Crippen LogP contribution is -2.21. The van der Waals surface area contributed by atoms with Gasteiger partial charge in [0.15, 0.2) is 5.69 Å². The highest BCUT2D eigenvalue weighted by Crippen LogP contribution is 2.10. The van der Waals surface area contributed by atoms with E-state index in [1.54, 1.807) is 6.92 Å². The van der Waals surface area contributed by atoms with Crippen molar-refractivity contribution in [2.45, 2.75) is 19.3 Å². The van der Waals surface area contributed by atoms with E-state index >= 15 is 0 Å². The van der Waals surface area contributed by atoms with E-state index in [4.69, 9.17) is 22.1 Å². The average Bonchev–Trinajstić information content (AvgIpc) is 2.60. The second-order valence-corrected chi connectivity index (χ2v) is 3.13. The number of hydrogen-bond donors (Lipinski definition) is 1. The lowest BCUT2D eigenvalue weighted by molar-refractivity contribution is -0.118. The number of carbonyl (C=O) groups excluding carboxylic acids is 2. The molecule has 0 aliphatic carbocycles. The van der Waals surface area contributed by atoms with Gasteiger partial charge < -0.3 is 10.5 Å². The van der Waals surface area contributed by atoms with E-state index in [0.29, 0.717) is 5.69 Å². The Morgan fingerprint density at radius 1 is 1.56 bits per heavy atom. The molecule has 1 amide bonds. The molecule has 0 saturated heterocycles. The normalized spacial score (nSPS) is 10.1. The standard InChI is InChI=1S/C8H11ClN4O3/c1-2-16-8(15)7-5(3-9)13(12-11-7)4-6(10)14/h2-4H2,1H3,(H2,10,14). The van der Waals surface area contributed by atoms with Crippen molar-refractivity contribution >= 4 is 23.5 Å². The molecule has 16 heavy (non-hydrogen) atoms. The van der Waals surface area contributed by atoms with E-state index in [9.17, 15) is 9.59 Å². The first kappa shape index (κ1) is 12.4. The fourth-order valence-corrected chi connectivity index (χ4v) is 1.36. The summed E-state index contributed by atoms with van der Waals surface area (Å²) in [6.07, 6.45) is 0. The van der Waals surface area contributed by atoms with Gasteiger partial charge in [-0.25, -0.2) is 9.48 Å². The van der Waals surface area contributed by atoms with Crippen LogP contribution in [0.1, 0.15) is 23.1 Å². The zero-order valence-corrected chi connectivity index (χ0v) is 9.40. The molecule has 8 heteroatoms. The summed E-state index contributed by atoms with van der Waals surface area (Å²) in [5, 5.41) is 7.22. The topological polar surface area (TPSA) is 100 Å². The van der Waals surface area contributed by atoms with Crippen molar-refractivity contribution in [1.29, 1.82) is 0 Å². The number of rotatable bonds is 5. The maximum atomic E-state index is 11.4. The number of esters is 1. The molecule has 0 atom stereocenters. The van der Waals surface area contributed by atoms with E-state index in [1.807, 2.05) is 0 Å². The van der Waals surface area contributed by atoms with Crippen molar-refractivity contribution in [3.05, 3.63) is 11.4 Å². The molecule has 1 aromatic rings. The van der Waals surface area contributed by atoms with Crippen molar-refractivity contribution in [2.24, 2.45) is 5.73 Å². The summed E-state index contributed by atoms with van der Waals surface area (Å²) in [4.78, 5) is 22.1. The third kappa shape index (κ3) is 2.69. The second-order valence-electron chi connectivity index (χ2n) is 2.86. The molecule has 1 rings (SSSR count). The fraction of sp³-hybridized carbons (Fsp3) is 0.500. The van der Waals surface area contributed by atoms with Crippen LogP contribution in [0.15, 0.2) is 0 Å². The summed E-state index contributed by atoms with van der Waals surface area (Å²) >= 11 is 5.65. The number of amides is 1. The van der Waals surface area contributed by atoms with Gasteiger partial charge in [0, 0.05) is 0 Å². The van der Waals surface area contributed by atoms with Crippen LogP contribution in [0, 0.1) is 0 Å². The van der Waals surface area contributed by atoms with Gasteiger partial charge >= 0.3 is 5.97 Å². The summed E-state index contributed by atoms with van der Waals surface area (Å²) in [5.41, 5.74) is 5.34. The average molecular weight is 247 g/mol. The van der Waals surface area contributed by atoms with Crippen LogP contribution < -0.4 is 5.73 Å². The molecule has 0 bridgehead atoms. The Labute approximate surface area is 96.5 Å². The van der Waals surface area contributed by atoms with Gasteiger partial charge in [-0.2, -0.15) is 0 Å². The summed E-state index contributed by atoms with van der Waals surface area (Å²) < 4.78 is 5.94. The van der Waals surface area contributed by atoms with Crippen molar-refractivity contribution < 1.29 is 14.3 Å². The SMILES string of the molecule is CCOC(=O)c1nnn(CC(N)=O)c1CCl. The third-order valence-electron chi connectivity index (χ3n) is 1.74. The Kier molecular flexibility index (Phi) is 4.24. The fourth-order valence-electron chi connectivity index (χ4n) is 1.10. The van der Waals surface area contributed by atoms with Crippen LogP contribution in [-0.4, -0.2) is 33.5 Å². The van der Waals surface area contributed by atoms with Gasteiger partial charge in [-0.15, -0.1) is 16.7 Å². The van der Waals surface area contributed by atoms with Crippen molar-refractivity contribution in [3.63, 3.8) is 0 Å². The summed E-state index contributed by atoms with van der Waals surface area (Å²) in [6, 6.07) is 0. The van der Waals surface area contributed by atoms with Crippen LogP contribution in [0.4, 0.5) is 0 Å². The molecular formula is C8H11ClN4O3. The van der Waals surface area contributed by atoms with E-state index in [0.717, 1.165) is 0 Å². The molecule has 0 spiro atoms. The van der Waals surface area contributed by atoms with Crippen molar-refractivity contribution in [1.82, 2.24) is 15.0 Å². The van der Waals surface area contributed by atoms with Gasteiger partial charge in [-0.1, -0.05) is 5.21 Å². The molecule has 88 valence electrons. The Morgan fingerprint density at radius 2 is 2.25 bits per heavy atom. The minimum Gasteiger partial charge on any atom is -0.461 e. The summed E-state index contributed by atoms with van der Waals surface area (Å²) in [5.74, 6) is -1.21. The lowest BCUT2D eigenvalue weighted by Gasteiger charge is -2.02. The molecule has 7 nitrogen and oxygen atoms in total. The Morgan fingerprint density at radius 3 is 2.75 bits per heavy atom. The number of aromatic nitrogens is 3. The zero-order valence-electron chi connectivity index (χ0n) is 8.64. The molecule has 1 heterocycles. The van der Waals surface area contributed by atoms with Gasteiger partial charge in [0.25, 0.3) is 0 Å². The second kappa shape index (κ2) is 5.45. The Balaban J connectivity index is 2.98. The molecule has 0 aliphatic rings. The zero-order chi connectivity index (χ0) is 12.1. The number of alkyl halides is 1. The first-order valence-corrected chi connectivity index (χ1v) is 5.07. The van der Waals surface area contributed by atoms with E-state index in [2.05, 4.69) is 10.3 Å². The van der Waals surface area contributed by atoms with Crippen LogP contribution in [-0.2, 0) is 22.0 Å². The minimum absolute atomic E-state index is 0.00553. The van der Waals surface area contributed by atoms with Gasteiger partial charge in [0.1, 0.15) is 6.54 Å². The number of nitrogens with zero attached hydrogens (tertiary/aromatic N) is 3. The smallest absolute Gasteiger partial charge is 0.360 e. The number of carbonyl (C=O) groups is 2. The van der Waals surface area contributed by atoms with Crippen molar-refractivity contribution in [3.8, 4) is 0 Å². The molecular weight excluding hydrogens is 236 g/mol. The predicted molar refractivity (Wildman–Crippen MR) is 54.7 cm³/mol. The molecule has 2 N–H and O–H groups in total. The van der Waals surface area contributed by atoms with Crippen LogP contribution >= 0.6 is 11.6 Å². The highest BCUT2D eigenvalue weighted by atomic mass is 35.5. The van der Waals surface area contributed by atoms with Crippen LogP contribution in [0.2, 0.25) is 0 Å². The van der Waals surface area contributed by atoms with Crippen molar-refractivity contribution in [2.75, 3.05) is 6.61 Å².